The zero-order valence-electron chi connectivity index (χ0n) is 11.3. The molecule has 1 N–H and O–H groups in total. The average Bonchev–Trinajstić information content (AvgIpc) is 2.40. The SMILES string of the molecule is CC1(C)CNC(CC#N)C(=O)N1Cc1cccnc1. The fourth-order valence-corrected chi connectivity index (χ4v) is 2.26. The molecule has 1 aromatic rings. The lowest BCUT2D eigenvalue weighted by atomic mass is 9.95. The summed E-state index contributed by atoms with van der Waals surface area (Å²) in [6.07, 6.45) is 3.69. The van der Waals surface area contributed by atoms with Crippen LogP contribution in [-0.2, 0) is 11.3 Å². The Morgan fingerprint density at radius 3 is 3.05 bits per heavy atom. The highest BCUT2D eigenvalue weighted by atomic mass is 16.2. The van der Waals surface area contributed by atoms with Crippen LogP contribution in [0.5, 0.6) is 0 Å². The first-order valence-electron chi connectivity index (χ1n) is 6.35. The molecule has 2 rings (SSSR count). The minimum atomic E-state index is -0.394. The van der Waals surface area contributed by atoms with Gasteiger partial charge in [-0.3, -0.25) is 9.78 Å². The van der Waals surface area contributed by atoms with Crippen LogP contribution in [0, 0.1) is 11.3 Å². The predicted octanol–water partition coefficient (Wildman–Crippen LogP) is 1.07. The third kappa shape index (κ3) is 2.91. The molecule has 1 aromatic heterocycles. The average molecular weight is 258 g/mol. The van der Waals surface area contributed by atoms with Gasteiger partial charge in [0.2, 0.25) is 5.91 Å². The summed E-state index contributed by atoms with van der Waals surface area (Å²) in [4.78, 5) is 18.3. The number of aromatic nitrogens is 1. The van der Waals surface area contributed by atoms with E-state index >= 15 is 0 Å². The van der Waals surface area contributed by atoms with Crippen LogP contribution in [0.2, 0.25) is 0 Å². The summed E-state index contributed by atoms with van der Waals surface area (Å²) in [5, 5.41) is 11.9. The molecule has 1 atom stereocenters. The van der Waals surface area contributed by atoms with Gasteiger partial charge in [0, 0.05) is 25.5 Å². The van der Waals surface area contributed by atoms with Gasteiger partial charge in [-0.05, 0) is 25.5 Å². The van der Waals surface area contributed by atoms with Crippen molar-refractivity contribution in [1.29, 1.82) is 5.26 Å². The van der Waals surface area contributed by atoms with E-state index in [1.165, 1.54) is 0 Å². The van der Waals surface area contributed by atoms with E-state index in [0.29, 0.717) is 13.1 Å². The van der Waals surface area contributed by atoms with Crippen molar-refractivity contribution in [3.8, 4) is 6.07 Å². The molecule has 1 aliphatic heterocycles. The zero-order chi connectivity index (χ0) is 13.9. The number of nitriles is 1. The summed E-state index contributed by atoms with van der Waals surface area (Å²) in [7, 11) is 0. The third-order valence-electron chi connectivity index (χ3n) is 3.43. The highest BCUT2D eigenvalue weighted by molar-refractivity contribution is 5.83. The van der Waals surface area contributed by atoms with Crippen LogP contribution in [0.1, 0.15) is 25.8 Å². The summed E-state index contributed by atoms with van der Waals surface area (Å²) in [5.74, 6) is -0.0124. The lowest BCUT2D eigenvalue weighted by Gasteiger charge is -2.45. The zero-order valence-corrected chi connectivity index (χ0v) is 11.3. The molecule has 1 unspecified atom stereocenters. The van der Waals surface area contributed by atoms with E-state index in [1.54, 1.807) is 12.4 Å². The van der Waals surface area contributed by atoms with E-state index in [0.717, 1.165) is 5.56 Å². The van der Waals surface area contributed by atoms with Gasteiger partial charge in [-0.25, -0.2) is 0 Å². The van der Waals surface area contributed by atoms with E-state index in [4.69, 9.17) is 5.26 Å². The Hall–Kier alpha value is -1.93. The molecule has 0 radical (unpaired) electrons. The van der Waals surface area contributed by atoms with E-state index in [1.807, 2.05) is 30.9 Å². The number of carbonyl (C=O) groups is 1. The Morgan fingerprint density at radius 2 is 2.42 bits per heavy atom. The molecule has 100 valence electrons. The maximum Gasteiger partial charge on any atom is 0.241 e. The molecule has 5 heteroatoms. The van der Waals surface area contributed by atoms with Gasteiger partial charge < -0.3 is 10.2 Å². The molecule has 1 aliphatic rings. The monoisotopic (exact) mass is 258 g/mol. The molecule has 1 fully saturated rings. The maximum absolute atomic E-state index is 12.4. The Balaban J connectivity index is 2.19. The number of nitrogens with one attached hydrogen (secondary N) is 1. The Labute approximate surface area is 113 Å². The number of hydrogen-bond donors (Lipinski definition) is 1. The van der Waals surface area contributed by atoms with Crippen LogP contribution < -0.4 is 5.32 Å². The number of hydrogen-bond acceptors (Lipinski definition) is 4. The van der Waals surface area contributed by atoms with Gasteiger partial charge in [0.15, 0.2) is 0 Å². The van der Waals surface area contributed by atoms with E-state index in [-0.39, 0.29) is 17.9 Å². The number of nitrogens with zero attached hydrogens (tertiary/aromatic N) is 3. The van der Waals surface area contributed by atoms with Gasteiger partial charge in [-0.15, -0.1) is 0 Å². The van der Waals surface area contributed by atoms with Crippen LogP contribution in [0.15, 0.2) is 24.5 Å². The number of carbonyl (C=O) groups excluding carboxylic acids is 1. The maximum atomic E-state index is 12.4. The van der Waals surface area contributed by atoms with Gasteiger partial charge >= 0.3 is 0 Å². The first-order chi connectivity index (χ1) is 9.04. The normalized spacial score (nSPS) is 22.1. The number of pyridine rings is 1. The van der Waals surface area contributed by atoms with Gasteiger partial charge in [-0.1, -0.05) is 6.07 Å². The van der Waals surface area contributed by atoms with Crippen LogP contribution >= 0.6 is 0 Å². The fraction of sp³-hybridized carbons (Fsp3) is 0.500. The molecule has 5 nitrogen and oxygen atoms in total. The topological polar surface area (TPSA) is 69.0 Å². The van der Waals surface area contributed by atoms with Crippen molar-refractivity contribution >= 4 is 5.91 Å². The Morgan fingerprint density at radius 1 is 1.63 bits per heavy atom. The van der Waals surface area contributed by atoms with Crippen molar-refractivity contribution < 1.29 is 4.79 Å². The number of amides is 1. The van der Waals surface area contributed by atoms with Gasteiger partial charge in [0.1, 0.15) is 6.04 Å². The molecule has 0 bridgehead atoms. The first kappa shape index (κ1) is 13.5. The van der Waals surface area contributed by atoms with Crippen molar-refractivity contribution in [3.05, 3.63) is 30.1 Å². The fourth-order valence-electron chi connectivity index (χ4n) is 2.26. The molecule has 0 spiro atoms. The molecule has 19 heavy (non-hydrogen) atoms. The van der Waals surface area contributed by atoms with Crippen molar-refractivity contribution in [1.82, 2.24) is 15.2 Å². The minimum absolute atomic E-state index is 0.0124. The van der Waals surface area contributed by atoms with Gasteiger partial charge in [0.05, 0.1) is 18.0 Å². The summed E-state index contributed by atoms with van der Waals surface area (Å²) in [6, 6.07) is 5.48. The number of rotatable bonds is 3. The minimum Gasteiger partial charge on any atom is -0.331 e. The lowest BCUT2D eigenvalue weighted by Crippen LogP contribution is -2.64. The third-order valence-corrected chi connectivity index (χ3v) is 3.43. The van der Waals surface area contributed by atoms with Crippen molar-refractivity contribution in [3.63, 3.8) is 0 Å². The van der Waals surface area contributed by atoms with Gasteiger partial charge in [0.25, 0.3) is 0 Å². The molecule has 1 amide bonds. The van der Waals surface area contributed by atoms with Crippen molar-refractivity contribution in [2.45, 2.75) is 38.4 Å². The molecule has 0 aliphatic carbocycles. The molecular formula is C14H18N4O. The largest absolute Gasteiger partial charge is 0.331 e. The summed E-state index contributed by atoms with van der Waals surface area (Å²) < 4.78 is 0. The molecule has 0 aromatic carbocycles. The summed E-state index contributed by atoms with van der Waals surface area (Å²) in [5.41, 5.74) is 0.736. The first-order valence-corrected chi connectivity index (χ1v) is 6.35. The molecular weight excluding hydrogens is 240 g/mol. The molecule has 0 saturated carbocycles. The van der Waals surface area contributed by atoms with Crippen LogP contribution in [0.4, 0.5) is 0 Å². The second-order valence-corrected chi connectivity index (χ2v) is 5.39. The highest BCUT2D eigenvalue weighted by Crippen LogP contribution is 2.23. The van der Waals surface area contributed by atoms with Gasteiger partial charge in [-0.2, -0.15) is 5.26 Å². The lowest BCUT2D eigenvalue weighted by molar-refractivity contribution is -0.143. The van der Waals surface area contributed by atoms with Crippen LogP contribution in [0.25, 0.3) is 0 Å². The second kappa shape index (κ2) is 5.37. The van der Waals surface area contributed by atoms with E-state index in [9.17, 15) is 4.79 Å². The quantitative estimate of drug-likeness (QED) is 0.880. The molecule has 1 saturated heterocycles. The predicted molar refractivity (Wildman–Crippen MR) is 70.9 cm³/mol. The second-order valence-electron chi connectivity index (χ2n) is 5.39. The van der Waals surface area contributed by atoms with Crippen LogP contribution in [0.3, 0.4) is 0 Å². The molecule has 2 heterocycles. The Bertz CT molecular complexity index is 492. The van der Waals surface area contributed by atoms with E-state index < -0.39 is 6.04 Å². The smallest absolute Gasteiger partial charge is 0.241 e. The Kier molecular flexibility index (Phi) is 3.82. The standard InChI is InChI=1S/C14H18N4O/c1-14(2)10-17-12(5-6-15)13(19)18(14)9-11-4-3-7-16-8-11/h3-4,7-8,12,17H,5,9-10H2,1-2H3. The summed E-state index contributed by atoms with van der Waals surface area (Å²) >= 11 is 0. The summed E-state index contributed by atoms with van der Waals surface area (Å²) in [6.45, 7) is 5.27. The van der Waals surface area contributed by atoms with Crippen molar-refractivity contribution in [2.75, 3.05) is 6.54 Å². The highest BCUT2D eigenvalue weighted by Gasteiger charge is 2.39. The van der Waals surface area contributed by atoms with Crippen LogP contribution in [-0.4, -0.2) is 33.9 Å². The van der Waals surface area contributed by atoms with Crippen molar-refractivity contribution in [2.24, 2.45) is 0 Å². The number of piperazine rings is 1. The van der Waals surface area contributed by atoms with E-state index in [2.05, 4.69) is 16.4 Å².